The van der Waals surface area contributed by atoms with E-state index < -0.39 is 0 Å². The topological polar surface area (TPSA) is 47.6 Å². The van der Waals surface area contributed by atoms with Gasteiger partial charge in [-0.15, -0.1) is 12.4 Å². The number of piperazine rings is 1. The van der Waals surface area contributed by atoms with Crippen molar-refractivity contribution in [2.24, 2.45) is 11.8 Å². The van der Waals surface area contributed by atoms with Gasteiger partial charge in [-0.1, -0.05) is 13.8 Å². The van der Waals surface area contributed by atoms with Crippen molar-refractivity contribution < 1.29 is 4.79 Å². The maximum atomic E-state index is 12.3. The third-order valence-electron chi connectivity index (χ3n) is 5.10. The fraction of sp³-hybridized carbons (Fsp3) is 0.941. The van der Waals surface area contributed by atoms with Gasteiger partial charge >= 0.3 is 0 Å². The largest absolute Gasteiger partial charge is 0.356 e. The molecule has 2 aliphatic rings. The van der Waals surface area contributed by atoms with Crippen molar-refractivity contribution in [3.63, 3.8) is 0 Å². The molecule has 23 heavy (non-hydrogen) atoms. The highest BCUT2D eigenvalue weighted by atomic mass is 35.5. The second-order valence-electron chi connectivity index (χ2n) is 7.16. The van der Waals surface area contributed by atoms with Gasteiger partial charge < -0.3 is 20.4 Å². The molecule has 0 aromatic rings. The highest BCUT2D eigenvalue weighted by Gasteiger charge is 2.25. The fourth-order valence-corrected chi connectivity index (χ4v) is 3.58. The van der Waals surface area contributed by atoms with E-state index in [2.05, 4.69) is 41.2 Å². The average molecular weight is 347 g/mol. The number of hydrogen-bond donors (Lipinski definition) is 2. The number of nitrogens with one attached hydrogen (secondary N) is 2. The quantitative estimate of drug-likeness (QED) is 0.758. The van der Waals surface area contributed by atoms with E-state index in [4.69, 9.17) is 0 Å². The molecule has 2 N–H and O–H groups in total. The number of halogens is 1. The zero-order chi connectivity index (χ0) is 15.9. The van der Waals surface area contributed by atoms with E-state index in [1.807, 2.05) is 0 Å². The van der Waals surface area contributed by atoms with Crippen LogP contribution in [0.2, 0.25) is 0 Å². The molecule has 5 nitrogen and oxygen atoms in total. The van der Waals surface area contributed by atoms with E-state index in [9.17, 15) is 4.79 Å². The first-order valence-electron chi connectivity index (χ1n) is 9.04. The minimum Gasteiger partial charge on any atom is -0.356 e. The van der Waals surface area contributed by atoms with Crippen molar-refractivity contribution in [1.29, 1.82) is 0 Å². The highest BCUT2D eigenvalue weighted by Crippen LogP contribution is 2.16. The van der Waals surface area contributed by atoms with Crippen molar-refractivity contribution in [3.05, 3.63) is 0 Å². The first-order valence-corrected chi connectivity index (χ1v) is 9.04. The third-order valence-corrected chi connectivity index (χ3v) is 5.10. The zero-order valence-corrected chi connectivity index (χ0v) is 15.8. The zero-order valence-electron chi connectivity index (χ0n) is 15.0. The molecule has 2 fully saturated rings. The van der Waals surface area contributed by atoms with Crippen LogP contribution in [0.4, 0.5) is 0 Å². The summed E-state index contributed by atoms with van der Waals surface area (Å²) in [6, 6.07) is 0.469. The van der Waals surface area contributed by atoms with Gasteiger partial charge in [-0.2, -0.15) is 0 Å². The van der Waals surface area contributed by atoms with Gasteiger partial charge in [0.15, 0.2) is 0 Å². The summed E-state index contributed by atoms with van der Waals surface area (Å²) in [4.78, 5) is 17.3. The monoisotopic (exact) mass is 346 g/mol. The first-order chi connectivity index (χ1) is 10.6. The van der Waals surface area contributed by atoms with Gasteiger partial charge in [0, 0.05) is 51.2 Å². The van der Waals surface area contributed by atoms with Gasteiger partial charge in [0.1, 0.15) is 0 Å². The van der Waals surface area contributed by atoms with Crippen molar-refractivity contribution in [3.8, 4) is 0 Å². The smallest absolute Gasteiger partial charge is 0.223 e. The van der Waals surface area contributed by atoms with Crippen LogP contribution in [0.15, 0.2) is 0 Å². The van der Waals surface area contributed by atoms with E-state index >= 15 is 0 Å². The van der Waals surface area contributed by atoms with Crippen LogP contribution in [0, 0.1) is 11.8 Å². The van der Waals surface area contributed by atoms with Crippen LogP contribution in [-0.4, -0.2) is 74.1 Å². The van der Waals surface area contributed by atoms with Crippen molar-refractivity contribution in [2.75, 3.05) is 52.4 Å². The summed E-state index contributed by atoms with van der Waals surface area (Å²) < 4.78 is 0. The average Bonchev–Trinajstić information content (AvgIpc) is 2.53. The van der Waals surface area contributed by atoms with E-state index in [1.165, 1.54) is 13.1 Å². The molecule has 136 valence electrons. The summed E-state index contributed by atoms with van der Waals surface area (Å²) in [5.41, 5.74) is 0. The number of hydrogen-bond acceptors (Lipinski definition) is 4. The van der Waals surface area contributed by atoms with Crippen LogP contribution in [0.25, 0.3) is 0 Å². The van der Waals surface area contributed by atoms with E-state index in [-0.39, 0.29) is 24.2 Å². The van der Waals surface area contributed by atoms with Crippen LogP contribution >= 0.6 is 12.4 Å². The summed E-state index contributed by atoms with van der Waals surface area (Å²) in [7, 11) is 0. The summed E-state index contributed by atoms with van der Waals surface area (Å²) in [5, 5.41) is 6.58. The number of amides is 1. The molecule has 0 bridgehead atoms. The molecule has 0 saturated carbocycles. The van der Waals surface area contributed by atoms with Crippen molar-refractivity contribution >= 4 is 18.3 Å². The molecule has 0 aliphatic carbocycles. The lowest BCUT2D eigenvalue weighted by Crippen LogP contribution is -2.48. The fourth-order valence-electron chi connectivity index (χ4n) is 3.58. The van der Waals surface area contributed by atoms with Crippen LogP contribution < -0.4 is 10.6 Å². The molecule has 1 amide bonds. The van der Waals surface area contributed by atoms with Gasteiger partial charge in [-0.05, 0) is 38.8 Å². The number of piperidine rings is 1. The molecule has 0 aromatic heterocycles. The number of carbonyl (C=O) groups excluding carboxylic acids is 1. The summed E-state index contributed by atoms with van der Waals surface area (Å²) in [5.74, 6) is 0.990. The predicted molar refractivity (Wildman–Crippen MR) is 98.2 cm³/mol. The molecule has 1 unspecified atom stereocenters. The Balaban J connectivity index is 0.00000264. The summed E-state index contributed by atoms with van der Waals surface area (Å²) in [6.07, 6.45) is 1.95. The molecule has 2 aliphatic heterocycles. The predicted octanol–water partition coefficient (Wildman–Crippen LogP) is 1.19. The molecule has 0 spiro atoms. The minimum atomic E-state index is 0. The van der Waals surface area contributed by atoms with Gasteiger partial charge in [0.05, 0.1) is 0 Å². The number of carbonyl (C=O) groups is 1. The maximum Gasteiger partial charge on any atom is 0.223 e. The molecular formula is C17H35ClN4O. The Morgan fingerprint density at radius 1 is 1.26 bits per heavy atom. The standard InChI is InChI=1S/C17H34N4O.ClH/c1-4-20-7-9-21(10-8-20)13-14(2)12-19-17(22)16-5-6-18-15(3)11-16;/h14-16,18H,4-13H2,1-3H3,(H,19,22);1H/t14?,15-,16-;/m0./s1. The minimum absolute atomic E-state index is 0. The Morgan fingerprint density at radius 3 is 2.52 bits per heavy atom. The van der Waals surface area contributed by atoms with E-state index in [1.54, 1.807) is 0 Å². The van der Waals surface area contributed by atoms with E-state index in [0.717, 1.165) is 52.1 Å². The Hall–Kier alpha value is -0.360. The van der Waals surface area contributed by atoms with Crippen LogP contribution in [0.3, 0.4) is 0 Å². The number of likely N-dealkylation sites (N-methyl/N-ethyl adjacent to an activating group) is 1. The summed E-state index contributed by atoms with van der Waals surface area (Å²) in [6.45, 7) is 15.4. The molecule has 2 rings (SSSR count). The molecular weight excluding hydrogens is 312 g/mol. The SMILES string of the molecule is CCN1CCN(CC(C)CNC(=O)[C@H]2CCN[C@@H](C)C2)CC1.Cl. The first kappa shape index (κ1) is 20.7. The molecule has 2 heterocycles. The van der Waals surface area contributed by atoms with Crippen LogP contribution in [0.1, 0.15) is 33.6 Å². The third kappa shape index (κ3) is 6.96. The lowest BCUT2D eigenvalue weighted by Gasteiger charge is -2.35. The number of nitrogens with zero attached hydrogens (tertiary/aromatic N) is 2. The van der Waals surface area contributed by atoms with E-state index in [0.29, 0.717) is 12.0 Å². The van der Waals surface area contributed by atoms with Crippen LogP contribution in [-0.2, 0) is 4.79 Å². The van der Waals surface area contributed by atoms with Gasteiger partial charge in [0.2, 0.25) is 5.91 Å². The van der Waals surface area contributed by atoms with Gasteiger partial charge in [-0.3, -0.25) is 4.79 Å². The van der Waals surface area contributed by atoms with Crippen molar-refractivity contribution in [1.82, 2.24) is 20.4 Å². The van der Waals surface area contributed by atoms with Crippen molar-refractivity contribution in [2.45, 2.75) is 39.7 Å². The summed E-state index contributed by atoms with van der Waals surface area (Å²) >= 11 is 0. The number of rotatable bonds is 6. The molecule has 6 heteroatoms. The lowest BCUT2D eigenvalue weighted by atomic mass is 9.92. The van der Waals surface area contributed by atoms with Gasteiger partial charge in [-0.25, -0.2) is 0 Å². The van der Waals surface area contributed by atoms with Gasteiger partial charge in [0.25, 0.3) is 0 Å². The molecule has 0 aromatic carbocycles. The molecule has 2 saturated heterocycles. The Labute approximate surface area is 148 Å². The molecule has 0 radical (unpaired) electrons. The second-order valence-corrected chi connectivity index (χ2v) is 7.16. The molecule has 3 atom stereocenters. The Morgan fingerprint density at radius 2 is 1.91 bits per heavy atom. The van der Waals surface area contributed by atoms with Crippen LogP contribution in [0.5, 0.6) is 0 Å². The second kappa shape index (κ2) is 10.5. The normalized spacial score (nSPS) is 28.0. The Bertz CT molecular complexity index is 347. The maximum absolute atomic E-state index is 12.3. The highest BCUT2D eigenvalue weighted by molar-refractivity contribution is 5.85. The Kier molecular flexibility index (Phi) is 9.44. The lowest BCUT2D eigenvalue weighted by molar-refractivity contribution is -0.126.